The number of H-pyrrole nitrogens is 1. The Hall–Kier alpha value is -2.66. The number of pyridine rings is 1. The number of nitrogens with one attached hydrogen (secondary N) is 1. The molecule has 0 saturated carbocycles. The largest absolute Gasteiger partial charge is 0.394 e. The highest BCUT2D eigenvalue weighted by Crippen LogP contribution is 2.37. The first-order valence-corrected chi connectivity index (χ1v) is 7.59. The summed E-state index contributed by atoms with van der Waals surface area (Å²) in [5.41, 5.74) is 3.55. The normalized spacial score (nSPS) is 16.2. The monoisotopic (exact) mass is 308 g/mol. The van der Waals surface area contributed by atoms with Crippen LogP contribution in [0.5, 0.6) is 0 Å². The first-order valence-electron chi connectivity index (χ1n) is 7.59. The van der Waals surface area contributed by atoms with Crippen molar-refractivity contribution in [1.29, 1.82) is 0 Å². The Morgan fingerprint density at radius 3 is 2.83 bits per heavy atom. The Morgan fingerprint density at radius 1 is 1.30 bits per heavy atom. The molecule has 1 aliphatic rings. The molecule has 0 aliphatic carbocycles. The van der Waals surface area contributed by atoms with E-state index in [0.29, 0.717) is 6.42 Å². The average molecular weight is 308 g/mol. The van der Waals surface area contributed by atoms with Crippen LogP contribution >= 0.6 is 0 Å². The predicted molar refractivity (Wildman–Crippen MR) is 87.8 cm³/mol. The van der Waals surface area contributed by atoms with Gasteiger partial charge in [0.05, 0.1) is 29.6 Å². The standard InChI is InChI=1S/C18H16N2O3/c1-10(22)12-6-7-16-17-14(8-11(9-21)20(16)18(12)23)13-4-2-3-5-15(13)19-17/h2-7,11,19,21H,8-9H2,1H3/t11-/m0/s1. The zero-order valence-electron chi connectivity index (χ0n) is 12.7. The number of aliphatic hydroxyl groups is 1. The van der Waals surface area contributed by atoms with Crippen molar-refractivity contribution in [1.82, 2.24) is 9.55 Å². The van der Waals surface area contributed by atoms with E-state index in [1.807, 2.05) is 24.3 Å². The van der Waals surface area contributed by atoms with E-state index < -0.39 is 0 Å². The number of aromatic amines is 1. The fourth-order valence-corrected chi connectivity index (χ4v) is 3.49. The van der Waals surface area contributed by atoms with Gasteiger partial charge in [-0.1, -0.05) is 18.2 Å². The molecule has 0 unspecified atom stereocenters. The highest BCUT2D eigenvalue weighted by Gasteiger charge is 2.29. The number of nitrogens with zero attached hydrogens (tertiary/aromatic N) is 1. The number of benzene rings is 1. The van der Waals surface area contributed by atoms with Crippen molar-refractivity contribution in [3.63, 3.8) is 0 Å². The number of aliphatic hydroxyl groups excluding tert-OH is 1. The van der Waals surface area contributed by atoms with Crippen molar-refractivity contribution >= 4 is 16.7 Å². The second kappa shape index (κ2) is 4.93. The van der Waals surface area contributed by atoms with Gasteiger partial charge in [0.15, 0.2) is 5.78 Å². The molecule has 0 spiro atoms. The molecule has 116 valence electrons. The fourth-order valence-electron chi connectivity index (χ4n) is 3.49. The molecule has 1 aromatic carbocycles. The molecule has 2 aromatic heterocycles. The van der Waals surface area contributed by atoms with Crippen LogP contribution in [0.2, 0.25) is 0 Å². The van der Waals surface area contributed by atoms with Gasteiger partial charge in [0.25, 0.3) is 5.56 Å². The van der Waals surface area contributed by atoms with Gasteiger partial charge < -0.3 is 14.7 Å². The molecule has 4 rings (SSSR count). The number of hydrogen-bond donors (Lipinski definition) is 2. The summed E-state index contributed by atoms with van der Waals surface area (Å²) in [7, 11) is 0. The maximum atomic E-state index is 12.7. The van der Waals surface area contributed by atoms with E-state index in [1.165, 1.54) is 6.92 Å². The third-order valence-corrected chi connectivity index (χ3v) is 4.58. The van der Waals surface area contributed by atoms with E-state index >= 15 is 0 Å². The minimum absolute atomic E-state index is 0.146. The summed E-state index contributed by atoms with van der Waals surface area (Å²) in [6.45, 7) is 1.24. The molecule has 23 heavy (non-hydrogen) atoms. The number of hydrogen-bond acceptors (Lipinski definition) is 3. The summed E-state index contributed by atoms with van der Waals surface area (Å²) in [4.78, 5) is 27.7. The van der Waals surface area contributed by atoms with Crippen LogP contribution in [0.25, 0.3) is 22.3 Å². The van der Waals surface area contributed by atoms with Crippen LogP contribution in [0.3, 0.4) is 0 Å². The molecule has 2 N–H and O–H groups in total. The van der Waals surface area contributed by atoms with E-state index in [9.17, 15) is 14.7 Å². The molecule has 5 heteroatoms. The molecule has 0 amide bonds. The van der Waals surface area contributed by atoms with Crippen LogP contribution in [0, 0.1) is 0 Å². The van der Waals surface area contributed by atoms with Crippen LogP contribution < -0.4 is 5.56 Å². The molecule has 0 bridgehead atoms. The van der Waals surface area contributed by atoms with E-state index in [2.05, 4.69) is 4.98 Å². The first kappa shape index (κ1) is 14.0. The van der Waals surface area contributed by atoms with Gasteiger partial charge in [-0.25, -0.2) is 0 Å². The number of aromatic nitrogens is 2. The summed E-state index contributed by atoms with van der Waals surface area (Å²) in [6, 6.07) is 11.0. The van der Waals surface area contributed by atoms with Crippen LogP contribution in [0.1, 0.15) is 28.9 Å². The lowest BCUT2D eigenvalue weighted by Crippen LogP contribution is -2.35. The highest BCUT2D eigenvalue weighted by molar-refractivity contribution is 5.95. The lowest BCUT2D eigenvalue weighted by molar-refractivity contribution is 0.101. The van der Waals surface area contributed by atoms with Gasteiger partial charge in [-0.3, -0.25) is 9.59 Å². The molecule has 5 nitrogen and oxygen atoms in total. The molecule has 0 radical (unpaired) electrons. The molecule has 1 atom stereocenters. The summed E-state index contributed by atoms with van der Waals surface area (Å²) >= 11 is 0. The SMILES string of the molecule is CC(=O)c1ccc2n(c1=O)[C@H](CO)Cc1c-2[nH]c2ccccc12. The number of carbonyl (C=O) groups excluding carboxylic acids is 1. The van der Waals surface area contributed by atoms with Crippen LogP contribution in [0.15, 0.2) is 41.2 Å². The smallest absolute Gasteiger partial charge is 0.262 e. The van der Waals surface area contributed by atoms with E-state index in [1.54, 1.807) is 16.7 Å². The maximum absolute atomic E-state index is 12.7. The number of Topliss-reactive ketones (excluding diaryl/α,β-unsaturated/α-hetero) is 1. The average Bonchev–Trinajstić information content (AvgIpc) is 2.92. The quantitative estimate of drug-likeness (QED) is 0.713. The van der Waals surface area contributed by atoms with Gasteiger partial charge in [-0.05, 0) is 37.1 Å². The van der Waals surface area contributed by atoms with Crippen molar-refractivity contribution < 1.29 is 9.90 Å². The lowest BCUT2D eigenvalue weighted by atomic mass is 9.95. The van der Waals surface area contributed by atoms with Gasteiger partial charge in [0, 0.05) is 10.9 Å². The molecule has 3 aromatic rings. The third kappa shape index (κ3) is 1.90. The van der Waals surface area contributed by atoms with Gasteiger partial charge in [-0.15, -0.1) is 0 Å². The van der Waals surface area contributed by atoms with E-state index in [0.717, 1.165) is 27.9 Å². The lowest BCUT2D eigenvalue weighted by Gasteiger charge is -2.27. The summed E-state index contributed by atoms with van der Waals surface area (Å²) < 4.78 is 1.55. The topological polar surface area (TPSA) is 75.1 Å². The van der Waals surface area contributed by atoms with Crippen molar-refractivity contribution in [3.05, 3.63) is 57.9 Å². The third-order valence-electron chi connectivity index (χ3n) is 4.58. The summed E-state index contributed by atoms with van der Waals surface area (Å²) in [5, 5.41) is 10.9. The van der Waals surface area contributed by atoms with Crippen molar-refractivity contribution in [2.75, 3.05) is 6.61 Å². The summed E-state index contributed by atoms with van der Waals surface area (Å²) in [6.07, 6.45) is 0.560. The molecule has 3 heterocycles. The minimum atomic E-state index is -0.358. The Morgan fingerprint density at radius 2 is 2.09 bits per heavy atom. The number of para-hydroxylation sites is 1. The van der Waals surface area contributed by atoms with E-state index in [-0.39, 0.29) is 29.6 Å². The molecule has 0 fully saturated rings. The van der Waals surface area contributed by atoms with Crippen LogP contribution in [0.4, 0.5) is 0 Å². The Labute approximate surface area is 132 Å². The Kier molecular flexibility index (Phi) is 2.99. The number of fused-ring (bicyclic) bond motifs is 5. The zero-order valence-corrected chi connectivity index (χ0v) is 12.7. The highest BCUT2D eigenvalue weighted by atomic mass is 16.3. The molecular weight excluding hydrogens is 292 g/mol. The molecular formula is C18H16N2O3. The van der Waals surface area contributed by atoms with Gasteiger partial charge in [0.2, 0.25) is 0 Å². The Bertz CT molecular complexity index is 997. The molecule has 0 saturated heterocycles. The zero-order chi connectivity index (χ0) is 16.1. The first-order chi connectivity index (χ1) is 11.1. The second-order valence-corrected chi connectivity index (χ2v) is 5.93. The summed E-state index contributed by atoms with van der Waals surface area (Å²) in [5.74, 6) is -0.260. The van der Waals surface area contributed by atoms with E-state index in [4.69, 9.17) is 0 Å². The van der Waals surface area contributed by atoms with Crippen molar-refractivity contribution in [2.24, 2.45) is 0 Å². The minimum Gasteiger partial charge on any atom is -0.394 e. The van der Waals surface area contributed by atoms with Gasteiger partial charge in [0.1, 0.15) is 0 Å². The molecule has 1 aliphatic heterocycles. The maximum Gasteiger partial charge on any atom is 0.262 e. The Balaban J connectivity index is 2.07. The predicted octanol–water partition coefficient (Wildman–Crippen LogP) is 2.29. The van der Waals surface area contributed by atoms with Gasteiger partial charge >= 0.3 is 0 Å². The number of ketones is 1. The van der Waals surface area contributed by atoms with Gasteiger partial charge in [-0.2, -0.15) is 0 Å². The van der Waals surface area contributed by atoms with Crippen molar-refractivity contribution in [2.45, 2.75) is 19.4 Å². The fraction of sp³-hybridized carbons (Fsp3) is 0.222. The second-order valence-electron chi connectivity index (χ2n) is 5.93. The van der Waals surface area contributed by atoms with Crippen molar-refractivity contribution in [3.8, 4) is 11.4 Å². The van der Waals surface area contributed by atoms with Crippen LogP contribution in [-0.2, 0) is 6.42 Å². The number of rotatable bonds is 2. The van der Waals surface area contributed by atoms with Crippen LogP contribution in [-0.4, -0.2) is 27.0 Å². The number of carbonyl (C=O) groups is 1.